The first-order valence-electron chi connectivity index (χ1n) is 7.00. The summed E-state index contributed by atoms with van der Waals surface area (Å²) < 4.78 is 4.67. The van der Waals surface area contributed by atoms with Crippen molar-refractivity contribution in [3.8, 4) is 0 Å². The summed E-state index contributed by atoms with van der Waals surface area (Å²) >= 11 is 0. The minimum Gasteiger partial charge on any atom is -0.465 e. The summed E-state index contributed by atoms with van der Waals surface area (Å²) in [5.74, 6) is -0.376. The Labute approximate surface area is 131 Å². The van der Waals surface area contributed by atoms with Crippen LogP contribution in [-0.4, -0.2) is 23.0 Å². The van der Waals surface area contributed by atoms with Crippen molar-refractivity contribution in [2.45, 2.75) is 6.42 Å². The molecule has 0 saturated heterocycles. The number of nitro groups is 1. The third-order valence-electron chi connectivity index (χ3n) is 3.73. The van der Waals surface area contributed by atoms with E-state index in [9.17, 15) is 14.9 Å². The second-order valence-corrected chi connectivity index (χ2v) is 5.17. The smallest absolute Gasteiger partial charge is 0.337 e. The molecule has 3 aromatic rings. The number of carbonyl (C=O) groups is 1. The van der Waals surface area contributed by atoms with Crippen molar-refractivity contribution in [2.75, 3.05) is 7.11 Å². The standard InChI is InChI=1S/C17H14N2O4/c1-23-17(20)12-4-2-11(3-5-12)8-13-10-18-16-7-6-14(19(21)22)9-15(13)16/h2-7,9-10,18H,8H2,1H3. The Hall–Kier alpha value is -3.15. The van der Waals surface area contributed by atoms with Gasteiger partial charge in [0.25, 0.3) is 5.69 Å². The summed E-state index contributed by atoms with van der Waals surface area (Å²) in [6, 6.07) is 11.9. The van der Waals surface area contributed by atoms with E-state index in [4.69, 9.17) is 0 Å². The van der Waals surface area contributed by atoms with Crippen molar-refractivity contribution in [1.29, 1.82) is 0 Å². The molecule has 0 spiro atoms. The van der Waals surface area contributed by atoms with E-state index in [1.54, 1.807) is 24.3 Å². The molecule has 0 saturated carbocycles. The maximum Gasteiger partial charge on any atom is 0.337 e. The molecule has 1 N–H and O–H groups in total. The molecule has 23 heavy (non-hydrogen) atoms. The number of methoxy groups -OCH3 is 1. The largest absolute Gasteiger partial charge is 0.465 e. The molecule has 0 amide bonds. The number of nitro benzene ring substituents is 1. The van der Waals surface area contributed by atoms with Crippen molar-refractivity contribution in [1.82, 2.24) is 4.98 Å². The van der Waals surface area contributed by atoms with Crippen molar-refractivity contribution in [3.63, 3.8) is 0 Å². The Balaban J connectivity index is 1.90. The molecule has 3 rings (SSSR count). The zero-order valence-electron chi connectivity index (χ0n) is 12.4. The number of hydrogen-bond donors (Lipinski definition) is 1. The third-order valence-corrected chi connectivity index (χ3v) is 3.73. The number of fused-ring (bicyclic) bond motifs is 1. The average molecular weight is 310 g/mol. The average Bonchev–Trinajstić information content (AvgIpc) is 2.97. The number of carbonyl (C=O) groups excluding carboxylic acids is 1. The van der Waals surface area contributed by atoms with E-state index in [1.807, 2.05) is 18.3 Å². The van der Waals surface area contributed by atoms with Crippen LogP contribution in [0.4, 0.5) is 5.69 Å². The van der Waals surface area contributed by atoms with Gasteiger partial charge in [0, 0.05) is 29.2 Å². The Morgan fingerprint density at radius 1 is 1.22 bits per heavy atom. The number of nitrogens with one attached hydrogen (secondary N) is 1. The number of nitrogens with zero attached hydrogens (tertiary/aromatic N) is 1. The number of H-pyrrole nitrogens is 1. The molecule has 6 heteroatoms. The van der Waals surface area contributed by atoms with Gasteiger partial charge in [0.05, 0.1) is 17.6 Å². The van der Waals surface area contributed by atoms with Crippen LogP contribution in [0.15, 0.2) is 48.7 Å². The fourth-order valence-corrected chi connectivity index (χ4v) is 2.52. The first-order chi connectivity index (χ1) is 11.1. The highest BCUT2D eigenvalue weighted by Crippen LogP contribution is 2.25. The SMILES string of the molecule is COC(=O)c1ccc(Cc2c[nH]c3ccc([N+](=O)[O-])cc23)cc1. The summed E-state index contributed by atoms with van der Waals surface area (Å²) in [7, 11) is 1.34. The first-order valence-corrected chi connectivity index (χ1v) is 7.00. The van der Waals surface area contributed by atoms with Gasteiger partial charge in [-0.05, 0) is 35.7 Å². The van der Waals surface area contributed by atoms with Crippen LogP contribution in [0.5, 0.6) is 0 Å². The topological polar surface area (TPSA) is 85.2 Å². The zero-order chi connectivity index (χ0) is 16.4. The van der Waals surface area contributed by atoms with Gasteiger partial charge in [-0.2, -0.15) is 0 Å². The summed E-state index contributed by atoms with van der Waals surface area (Å²) in [5.41, 5.74) is 3.39. The second-order valence-electron chi connectivity index (χ2n) is 5.17. The summed E-state index contributed by atoms with van der Waals surface area (Å²) in [6.45, 7) is 0. The Morgan fingerprint density at radius 2 is 1.96 bits per heavy atom. The predicted octanol–water partition coefficient (Wildman–Crippen LogP) is 3.45. The van der Waals surface area contributed by atoms with Crippen LogP contribution in [0.25, 0.3) is 10.9 Å². The van der Waals surface area contributed by atoms with Gasteiger partial charge in [-0.1, -0.05) is 12.1 Å². The Bertz CT molecular complexity index is 881. The molecule has 0 fully saturated rings. The first kappa shape index (κ1) is 14.8. The van der Waals surface area contributed by atoms with Gasteiger partial charge in [0.15, 0.2) is 0 Å². The van der Waals surface area contributed by atoms with Crippen LogP contribution in [0.2, 0.25) is 0 Å². The van der Waals surface area contributed by atoms with Crippen molar-refractivity contribution in [2.24, 2.45) is 0 Å². The molecule has 6 nitrogen and oxygen atoms in total. The van der Waals surface area contributed by atoms with Gasteiger partial charge in [-0.15, -0.1) is 0 Å². The zero-order valence-corrected chi connectivity index (χ0v) is 12.4. The van der Waals surface area contributed by atoms with Crippen LogP contribution in [0.3, 0.4) is 0 Å². The lowest BCUT2D eigenvalue weighted by molar-refractivity contribution is -0.384. The van der Waals surface area contributed by atoms with Crippen molar-refractivity contribution >= 4 is 22.6 Å². The molecule has 0 radical (unpaired) electrons. The van der Waals surface area contributed by atoms with Crippen LogP contribution < -0.4 is 0 Å². The van der Waals surface area contributed by atoms with Gasteiger partial charge >= 0.3 is 5.97 Å². The van der Waals surface area contributed by atoms with Crippen LogP contribution in [-0.2, 0) is 11.2 Å². The molecular formula is C17H14N2O4. The predicted molar refractivity (Wildman–Crippen MR) is 85.5 cm³/mol. The van der Waals surface area contributed by atoms with Crippen molar-refractivity contribution < 1.29 is 14.5 Å². The Morgan fingerprint density at radius 3 is 2.61 bits per heavy atom. The van der Waals surface area contributed by atoms with Crippen LogP contribution in [0, 0.1) is 10.1 Å². The van der Waals surface area contributed by atoms with E-state index in [1.165, 1.54) is 13.2 Å². The van der Waals surface area contributed by atoms with E-state index >= 15 is 0 Å². The number of esters is 1. The molecule has 2 aromatic carbocycles. The molecule has 0 unspecified atom stereocenters. The van der Waals surface area contributed by atoms with E-state index in [0.717, 1.165) is 22.0 Å². The quantitative estimate of drug-likeness (QED) is 0.454. The van der Waals surface area contributed by atoms with Crippen molar-refractivity contribution in [3.05, 3.63) is 75.5 Å². The third kappa shape index (κ3) is 2.91. The molecule has 0 aliphatic carbocycles. The molecular weight excluding hydrogens is 296 g/mol. The van der Waals surface area contributed by atoms with Gasteiger partial charge < -0.3 is 9.72 Å². The van der Waals surface area contributed by atoms with E-state index in [-0.39, 0.29) is 11.7 Å². The number of aromatic nitrogens is 1. The molecule has 0 aliphatic heterocycles. The van der Waals surface area contributed by atoms with Crippen LogP contribution in [0.1, 0.15) is 21.5 Å². The maximum atomic E-state index is 11.4. The number of non-ortho nitro benzene ring substituents is 1. The lowest BCUT2D eigenvalue weighted by atomic mass is 10.0. The number of hydrogen-bond acceptors (Lipinski definition) is 4. The monoisotopic (exact) mass is 310 g/mol. The number of rotatable bonds is 4. The molecule has 0 aliphatic rings. The molecule has 0 atom stereocenters. The highest BCUT2D eigenvalue weighted by atomic mass is 16.6. The summed E-state index contributed by atoms with van der Waals surface area (Å²) in [4.78, 5) is 25.1. The number of ether oxygens (including phenoxy) is 1. The van der Waals surface area contributed by atoms with Gasteiger partial charge in [0.2, 0.25) is 0 Å². The molecule has 1 heterocycles. The minimum atomic E-state index is -0.401. The number of aromatic amines is 1. The fraction of sp³-hybridized carbons (Fsp3) is 0.118. The summed E-state index contributed by atoms with van der Waals surface area (Å²) in [5, 5.41) is 11.7. The highest BCUT2D eigenvalue weighted by molar-refractivity contribution is 5.89. The fourth-order valence-electron chi connectivity index (χ4n) is 2.52. The lowest BCUT2D eigenvalue weighted by Gasteiger charge is -2.03. The minimum absolute atomic E-state index is 0.0689. The molecule has 1 aromatic heterocycles. The van der Waals surface area contributed by atoms with Gasteiger partial charge in [-0.3, -0.25) is 10.1 Å². The summed E-state index contributed by atoms with van der Waals surface area (Å²) in [6.07, 6.45) is 2.46. The van der Waals surface area contributed by atoms with Crippen LogP contribution >= 0.6 is 0 Å². The normalized spacial score (nSPS) is 10.7. The molecule has 0 bridgehead atoms. The number of benzene rings is 2. The maximum absolute atomic E-state index is 11.4. The lowest BCUT2D eigenvalue weighted by Crippen LogP contribution is -2.00. The van der Waals surface area contributed by atoms with Gasteiger partial charge in [-0.25, -0.2) is 4.79 Å². The highest BCUT2D eigenvalue weighted by Gasteiger charge is 2.11. The second kappa shape index (κ2) is 5.92. The Kier molecular flexibility index (Phi) is 3.80. The van der Waals surface area contributed by atoms with E-state index in [2.05, 4.69) is 9.72 Å². The van der Waals surface area contributed by atoms with Gasteiger partial charge in [0.1, 0.15) is 0 Å². The van der Waals surface area contributed by atoms with E-state index in [0.29, 0.717) is 12.0 Å². The molecule has 116 valence electrons. The van der Waals surface area contributed by atoms with E-state index < -0.39 is 4.92 Å².